The number of aliphatic hydroxyl groups is 2. The molecule has 3 N–H and O–H groups in total. The maximum atomic E-state index is 12.6. The molecule has 0 aromatic carbocycles. The number of aliphatic hydroxyl groups excluding tert-OH is 2. The lowest BCUT2D eigenvalue weighted by Gasteiger charge is -2.22. The average molecular weight is 1310 g/mol. The summed E-state index contributed by atoms with van der Waals surface area (Å²) in [5.74, 6) is -0.00438. The van der Waals surface area contributed by atoms with Gasteiger partial charge in [0.25, 0.3) is 0 Å². The van der Waals surface area contributed by atoms with Crippen LogP contribution in [0.3, 0.4) is 0 Å². The summed E-state index contributed by atoms with van der Waals surface area (Å²) in [7, 11) is 0. The highest BCUT2D eigenvalue weighted by Gasteiger charge is 2.20. The van der Waals surface area contributed by atoms with Gasteiger partial charge >= 0.3 is 5.97 Å². The molecule has 2 unspecified atom stereocenters. The molecule has 1 amide bonds. The summed E-state index contributed by atoms with van der Waals surface area (Å²) in [5.41, 5.74) is 0. The number of nitrogens with one attached hydrogen (secondary N) is 1. The Morgan fingerprint density at radius 1 is 0.290 bits per heavy atom. The summed E-state index contributed by atoms with van der Waals surface area (Å²) >= 11 is 0. The average Bonchev–Trinajstić information content (AvgIpc) is 3.65. The quantitative estimate of drug-likeness (QED) is 0.0320. The van der Waals surface area contributed by atoms with E-state index in [9.17, 15) is 19.8 Å². The zero-order valence-corrected chi connectivity index (χ0v) is 63.5. The molecule has 6 nitrogen and oxygen atoms in total. The number of carbonyl (C=O) groups is 2. The van der Waals surface area contributed by atoms with Crippen LogP contribution >= 0.6 is 0 Å². The van der Waals surface area contributed by atoms with E-state index in [4.69, 9.17) is 4.74 Å². The maximum Gasteiger partial charge on any atom is 0.305 e. The molecular formula is C87H169NO5. The predicted octanol–water partition coefficient (Wildman–Crippen LogP) is 28.8. The van der Waals surface area contributed by atoms with E-state index in [-0.39, 0.29) is 18.5 Å². The topological polar surface area (TPSA) is 95.9 Å². The van der Waals surface area contributed by atoms with Crippen LogP contribution in [0.4, 0.5) is 0 Å². The Morgan fingerprint density at radius 2 is 0.505 bits per heavy atom. The lowest BCUT2D eigenvalue weighted by molar-refractivity contribution is -0.143. The molecule has 0 saturated carbocycles. The number of carbonyl (C=O) groups excluding carboxylic acids is 2. The first-order valence-electron chi connectivity index (χ1n) is 43.1. The molecule has 6 heteroatoms. The molecule has 93 heavy (non-hydrogen) atoms. The van der Waals surface area contributed by atoms with E-state index in [2.05, 4.69) is 43.5 Å². The summed E-state index contributed by atoms with van der Waals surface area (Å²) in [6.07, 6.45) is 107. The molecule has 0 bridgehead atoms. The molecule has 0 aliphatic rings. The number of allylic oxidation sites excluding steroid dienone is 4. The lowest BCUT2D eigenvalue weighted by atomic mass is 10.0. The van der Waals surface area contributed by atoms with Crippen molar-refractivity contribution in [3.8, 4) is 0 Å². The molecule has 0 heterocycles. The van der Waals surface area contributed by atoms with Crippen LogP contribution in [0, 0.1) is 0 Å². The highest BCUT2D eigenvalue weighted by Crippen LogP contribution is 2.21. The van der Waals surface area contributed by atoms with Gasteiger partial charge < -0.3 is 20.3 Å². The Kier molecular flexibility index (Phi) is 81.3. The third kappa shape index (κ3) is 79.2. The van der Waals surface area contributed by atoms with Gasteiger partial charge in [-0.15, -0.1) is 0 Å². The van der Waals surface area contributed by atoms with Gasteiger partial charge in [0.1, 0.15) is 0 Å². The van der Waals surface area contributed by atoms with Crippen molar-refractivity contribution in [1.29, 1.82) is 0 Å². The number of hydrogen-bond acceptors (Lipinski definition) is 5. The van der Waals surface area contributed by atoms with Gasteiger partial charge in [-0.2, -0.15) is 0 Å². The van der Waals surface area contributed by atoms with Crippen molar-refractivity contribution < 1.29 is 24.5 Å². The Balaban J connectivity index is 3.33. The third-order valence-corrected chi connectivity index (χ3v) is 20.5. The van der Waals surface area contributed by atoms with Crippen molar-refractivity contribution >= 4 is 11.9 Å². The first-order chi connectivity index (χ1) is 46.0. The fraction of sp³-hybridized carbons (Fsp3) is 0.931. The van der Waals surface area contributed by atoms with Gasteiger partial charge in [-0.25, -0.2) is 0 Å². The molecule has 0 saturated heterocycles. The van der Waals surface area contributed by atoms with Crippen LogP contribution in [-0.4, -0.2) is 47.4 Å². The molecule has 0 spiro atoms. The number of unbranched alkanes of at least 4 members (excludes halogenated alkanes) is 67. The lowest BCUT2D eigenvalue weighted by Crippen LogP contribution is -2.45. The van der Waals surface area contributed by atoms with Crippen molar-refractivity contribution in [2.45, 2.75) is 508 Å². The molecule has 0 aliphatic heterocycles. The summed E-state index contributed by atoms with van der Waals surface area (Å²) in [6, 6.07) is -0.540. The van der Waals surface area contributed by atoms with Crippen LogP contribution < -0.4 is 5.32 Å². The number of hydrogen-bond donors (Lipinski definition) is 3. The van der Waals surface area contributed by atoms with Gasteiger partial charge in [-0.05, 0) is 77.0 Å². The number of rotatable bonds is 82. The number of amides is 1. The highest BCUT2D eigenvalue weighted by atomic mass is 16.5. The Labute approximate surface area is 583 Å². The minimum Gasteiger partial charge on any atom is -0.466 e. The fourth-order valence-corrected chi connectivity index (χ4v) is 13.9. The van der Waals surface area contributed by atoms with Crippen molar-refractivity contribution in [3.05, 3.63) is 24.3 Å². The smallest absolute Gasteiger partial charge is 0.305 e. The molecule has 0 radical (unpaired) electrons. The SMILES string of the molecule is CCCCCCCC/C=C\CCCCCCCCCCCC(=O)OCCCCCCCCCCCCCCCC/C=C\CCCCCCCCCCCCCCCCCCCC(=O)NC(CO)C(O)CCCCCCCCCCCCCCCCCCCCCCCC. The first kappa shape index (κ1) is 91.3. The Hall–Kier alpha value is -1.66. The van der Waals surface area contributed by atoms with Crippen LogP contribution in [0.25, 0.3) is 0 Å². The maximum absolute atomic E-state index is 12.6. The van der Waals surface area contributed by atoms with E-state index in [1.54, 1.807) is 0 Å². The van der Waals surface area contributed by atoms with E-state index in [1.807, 2.05) is 0 Å². The minimum absolute atomic E-state index is 0.0211. The molecule has 0 aromatic heterocycles. The zero-order valence-electron chi connectivity index (χ0n) is 63.5. The molecular weight excluding hydrogens is 1140 g/mol. The molecule has 0 rings (SSSR count). The molecule has 552 valence electrons. The fourth-order valence-electron chi connectivity index (χ4n) is 13.9. The first-order valence-corrected chi connectivity index (χ1v) is 43.1. The van der Waals surface area contributed by atoms with E-state index in [1.165, 1.54) is 424 Å². The van der Waals surface area contributed by atoms with E-state index >= 15 is 0 Å². The van der Waals surface area contributed by atoms with E-state index in [0.29, 0.717) is 25.9 Å². The van der Waals surface area contributed by atoms with Gasteiger partial charge in [0.2, 0.25) is 5.91 Å². The summed E-state index contributed by atoms with van der Waals surface area (Å²) in [5, 5.41) is 23.5. The van der Waals surface area contributed by atoms with Gasteiger partial charge in [-0.3, -0.25) is 9.59 Å². The van der Waals surface area contributed by atoms with Crippen molar-refractivity contribution in [3.63, 3.8) is 0 Å². The van der Waals surface area contributed by atoms with Crippen LogP contribution in [-0.2, 0) is 14.3 Å². The van der Waals surface area contributed by atoms with Crippen LogP contribution in [0.1, 0.15) is 495 Å². The normalized spacial score (nSPS) is 12.5. The third-order valence-electron chi connectivity index (χ3n) is 20.5. The van der Waals surface area contributed by atoms with E-state index in [0.717, 1.165) is 38.5 Å². The van der Waals surface area contributed by atoms with Crippen LogP contribution in [0.2, 0.25) is 0 Å². The number of ether oxygens (including phenoxy) is 1. The van der Waals surface area contributed by atoms with Crippen molar-refractivity contribution in [2.24, 2.45) is 0 Å². The minimum atomic E-state index is -0.663. The summed E-state index contributed by atoms with van der Waals surface area (Å²) in [6.45, 7) is 5.01. The second-order valence-corrected chi connectivity index (χ2v) is 29.9. The van der Waals surface area contributed by atoms with Gasteiger partial charge in [0.05, 0.1) is 25.4 Å². The second-order valence-electron chi connectivity index (χ2n) is 29.9. The van der Waals surface area contributed by atoms with Gasteiger partial charge in [0, 0.05) is 12.8 Å². The second kappa shape index (κ2) is 82.8. The highest BCUT2D eigenvalue weighted by molar-refractivity contribution is 5.76. The molecule has 0 fully saturated rings. The zero-order chi connectivity index (χ0) is 67.0. The van der Waals surface area contributed by atoms with Crippen molar-refractivity contribution in [1.82, 2.24) is 5.32 Å². The Morgan fingerprint density at radius 3 is 0.763 bits per heavy atom. The summed E-state index contributed by atoms with van der Waals surface area (Å²) < 4.78 is 5.52. The van der Waals surface area contributed by atoms with Gasteiger partial charge in [-0.1, -0.05) is 430 Å². The monoisotopic (exact) mass is 1310 g/mol. The largest absolute Gasteiger partial charge is 0.466 e. The predicted molar refractivity (Wildman–Crippen MR) is 412 cm³/mol. The Bertz CT molecular complexity index is 1460. The standard InChI is InChI=1S/C87H169NO5/c1-3-5-7-9-11-13-15-17-19-21-23-24-40-44-47-51-55-59-63-67-71-75-79-85(90)84(83-89)88-86(91)80-76-72-68-64-60-56-52-48-45-41-38-36-34-32-30-28-26-25-27-29-31-33-35-37-39-42-46-50-54-58-62-66-70-74-78-82-93-87(92)81-77-73-69-65-61-57-53-49-43-22-20-18-16-14-12-10-8-6-4-2/h18,20,27,29,84-85,89-90H,3-17,19,21-26,28,30-83H2,1-2H3,(H,88,91)/b20-18-,29-27-. The van der Waals surface area contributed by atoms with Crippen LogP contribution in [0.5, 0.6) is 0 Å². The molecule has 0 aliphatic carbocycles. The molecule has 0 aromatic rings. The van der Waals surface area contributed by atoms with Crippen LogP contribution in [0.15, 0.2) is 24.3 Å². The van der Waals surface area contributed by atoms with E-state index < -0.39 is 12.1 Å². The number of esters is 1. The molecule has 2 atom stereocenters. The van der Waals surface area contributed by atoms with Gasteiger partial charge in [0.15, 0.2) is 0 Å². The summed E-state index contributed by atoms with van der Waals surface area (Å²) in [4.78, 5) is 24.7. The van der Waals surface area contributed by atoms with Crippen molar-refractivity contribution in [2.75, 3.05) is 13.2 Å².